The Morgan fingerprint density at radius 1 is 1.47 bits per heavy atom. The molecule has 4 nitrogen and oxygen atoms in total. The molecule has 0 aromatic heterocycles. The van der Waals surface area contributed by atoms with E-state index in [1.54, 1.807) is 19.9 Å². The molecule has 0 aliphatic rings. The summed E-state index contributed by atoms with van der Waals surface area (Å²) in [7, 11) is 0. The van der Waals surface area contributed by atoms with Crippen LogP contribution >= 0.6 is 0 Å². The van der Waals surface area contributed by atoms with Crippen LogP contribution in [0.3, 0.4) is 0 Å². The fraction of sp³-hybridized carbons (Fsp3) is 0.417. The Bertz CT molecular complexity index is 393. The second-order valence-electron chi connectivity index (χ2n) is 3.78. The minimum absolute atomic E-state index is 0.126. The molecule has 2 N–H and O–H groups in total. The molecule has 1 aromatic carbocycles. The highest BCUT2D eigenvalue weighted by molar-refractivity contribution is 5.71. The Balaban J connectivity index is 2.52. The van der Waals surface area contributed by atoms with Gasteiger partial charge in [-0.05, 0) is 19.9 Å². The van der Waals surface area contributed by atoms with E-state index in [0.717, 1.165) is 0 Å². The maximum Gasteiger partial charge on any atom is 0.344 e. The van der Waals surface area contributed by atoms with Gasteiger partial charge in [-0.3, -0.25) is 0 Å². The molecule has 0 spiro atoms. The molecule has 17 heavy (non-hydrogen) atoms. The van der Waals surface area contributed by atoms with E-state index in [4.69, 9.17) is 15.2 Å². The number of carbonyl (C=O) groups is 1. The molecule has 5 heteroatoms. The van der Waals surface area contributed by atoms with Crippen LogP contribution in [0.15, 0.2) is 18.2 Å². The normalized spacial score (nSPS) is 10.4. The topological polar surface area (TPSA) is 61.5 Å². The van der Waals surface area contributed by atoms with E-state index in [1.165, 1.54) is 12.1 Å². The van der Waals surface area contributed by atoms with Crippen molar-refractivity contribution in [3.05, 3.63) is 29.6 Å². The van der Waals surface area contributed by atoms with Crippen molar-refractivity contribution >= 4 is 5.97 Å². The number of hydrogen-bond acceptors (Lipinski definition) is 4. The summed E-state index contributed by atoms with van der Waals surface area (Å²) < 4.78 is 23.3. The largest absolute Gasteiger partial charge is 0.482 e. The van der Waals surface area contributed by atoms with Crippen molar-refractivity contribution in [3.63, 3.8) is 0 Å². The SMILES string of the molecule is CC(C)OC(=O)COc1ccc(CN)c(F)c1. The van der Waals surface area contributed by atoms with Gasteiger partial charge in [-0.2, -0.15) is 0 Å². The summed E-state index contributed by atoms with van der Waals surface area (Å²) in [6, 6.07) is 4.29. The Labute approximate surface area is 99.5 Å². The summed E-state index contributed by atoms with van der Waals surface area (Å²) in [5.41, 5.74) is 5.73. The number of hydrogen-bond donors (Lipinski definition) is 1. The molecular formula is C12H16FNO3. The van der Waals surface area contributed by atoms with Crippen molar-refractivity contribution in [2.45, 2.75) is 26.5 Å². The zero-order valence-electron chi connectivity index (χ0n) is 9.90. The Morgan fingerprint density at radius 2 is 2.18 bits per heavy atom. The van der Waals surface area contributed by atoms with E-state index in [-0.39, 0.29) is 25.0 Å². The van der Waals surface area contributed by atoms with Gasteiger partial charge in [-0.25, -0.2) is 9.18 Å². The summed E-state index contributed by atoms with van der Waals surface area (Å²) >= 11 is 0. The van der Waals surface area contributed by atoms with Gasteiger partial charge in [0, 0.05) is 18.2 Å². The molecule has 0 heterocycles. The van der Waals surface area contributed by atoms with E-state index < -0.39 is 11.8 Å². The van der Waals surface area contributed by atoms with Gasteiger partial charge >= 0.3 is 5.97 Å². The minimum atomic E-state index is -0.483. The Morgan fingerprint density at radius 3 is 2.71 bits per heavy atom. The van der Waals surface area contributed by atoms with Gasteiger partial charge in [-0.15, -0.1) is 0 Å². The Hall–Kier alpha value is -1.62. The third-order valence-electron chi connectivity index (χ3n) is 1.97. The van der Waals surface area contributed by atoms with Gasteiger partial charge in [-0.1, -0.05) is 6.07 Å². The molecule has 0 radical (unpaired) electrons. The molecule has 1 aromatic rings. The number of halogens is 1. The zero-order chi connectivity index (χ0) is 12.8. The molecule has 0 atom stereocenters. The van der Waals surface area contributed by atoms with Crippen LogP contribution in [0.1, 0.15) is 19.4 Å². The van der Waals surface area contributed by atoms with Crippen molar-refractivity contribution in [2.24, 2.45) is 5.73 Å². The van der Waals surface area contributed by atoms with Crippen LogP contribution in [0.2, 0.25) is 0 Å². The summed E-state index contributed by atoms with van der Waals surface area (Å²) in [6.45, 7) is 3.38. The zero-order valence-corrected chi connectivity index (χ0v) is 9.90. The summed E-state index contributed by atoms with van der Waals surface area (Å²) in [6.07, 6.45) is -0.192. The minimum Gasteiger partial charge on any atom is -0.482 e. The molecule has 0 aliphatic carbocycles. The van der Waals surface area contributed by atoms with Crippen molar-refractivity contribution in [2.75, 3.05) is 6.61 Å². The highest BCUT2D eigenvalue weighted by Gasteiger charge is 2.08. The third kappa shape index (κ3) is 4.40. The van der Waals surface area contributed by atoms with Gasteiger partial charge in [0.25, 0.3) is 0 Å². The number of benzene rings is 1. The fourth-order valence-corrected chi connectivity index (χ4v) is 1.22. The lowest BCUT2D eigenvalue weighted by atomic mass is 10.2. The lowest BCUT2D eigenvalue weighted by Gasteiger charge is -2.09. The van der Waals surface area contributed by atoms with Crippen molar-refractivity contribution in [3.8, 4) is 5.75 Å². The van der Waals surface area contributed by atoms with Crippen LogP contribution in [0, 0.1) is 5.82 Å². The van der Waals surface area contributed by atoms with Crippen LogP contribution < -0.4 is 10.5 Å². The summed E-state index contributed by atoms with van der Waals surface area (Å²) in [5, 5.41) is 0. The quantitative estimate of drug-likeness (QED) is 0.796. The third-order valence-corrected chi connectivity index (χ3v) is 1.97. The summed E-state index contributed by atoms with van der Waals surface area (Å²) in [5.74, 6) is -0.647. The van der Waals surface area contributed by atoms with Gasteiger partial charge in [0.2, 0.25) is 0 Å². The highest BCUT2D eigenvalue weighted by atomic mass is 19.1. The molecule has 0 bridgehead atoms. The predicted molar refractivity (Wildman–Crippen MR) is 61.0 cm³/mol. The molecule has 0 unspecified atom stereocenters. The monoisotopic (exact) mass is 241 g/mol. The van der Waals surface area contributed by atoms with Crippen LogP contribution in [0.25, 0.3) is 0 Å². The molecule has 1 rings (SSSR count). The molecule has 0 saturated carbocycles. The number of ether oxygens (including phenoxy) is 2. The van der Waals surface area contributed by atoms with Crippen LogP contribution in [-0.2, 0) is 16.1 Å². The van der Waals surface area contributed by atoms with E-state index in [2.05, 4.69) is 0 Å². The maximum atomic E-state index is 13.3. The average molecular weight is 241 g/mol. The van der Waals surface area contributed by atoms with Crippen molar-refractivity contribution in [1.82, 2.24) is 0 Å². The van der Waals surface area contributed by atoms with Crippen LogP contribution in [0.5, 0.6) is 5.75 Å². The molecular weight excluding hydrogens is 225 g/mol. The maximum absolute atomic E-state index is 13.3. The molecule has 0 saturated heterocycles. The van der Waals surface area contributed by atoms with E-state index in [1.807, 2.05) is 0 Å². The van der Waals surface area contributed by atoms with E-state index in [9.17, 15) is 9.18 Å². The first-order valence-electron chi connectivity index (χ1n) is 5.33. The number of esters is 1. The molecule has 0 aliphatic heterocycles. The fourth-order valence-electron chi connectivity index (χ4n) is 1.22. The first-order chi connectivity index (χ1) is 8.02. The predicted octanol–water partition coefficient (Wildman–Crippen LogP) is 1.61. The van der Waals surface area contributed by atoms with Gasteiger partial charge in [0.05, 0.1) is 6.10 Å². The summed E-state index contributed by atoms with van der Waals surface area (Å²) in [4.78, 5) is 11.2. The van der Waals surface area contributed by atoms with Crippen molar-refractivity contribution in [1.29, 1.82) is 0 Å². The number of carbonyl (C=O) groups excluding carboxylic acids is 1. The first kappa shape index (κ1) is 13.4. The average Bonchev–Trinajstić information content (AvgIpc) is 2.25. The molecule has 94 valence electrons. The molecule has 0 amide bonds. The second-order valence-corrected chi connectivity index (χ2v) is 3.78. The first-order valence-corrected chi connectivity index (χ1v) is 5.33. The van der Waals surface area contributed by atoms with Gasteiger partial charge in [0.15, 0.2) is 6.61 Å². The lowest BCUT2D eigenvalue weighted by molar-refractivity contribution is -0.149. The smallest absolute Gasteiger partial charge is 0.344 e. The van der Waals surface area contributed by atoms with E-state index >= 15 is 0 Å². The van der Waals surface area contributed by atoms with Gasteiger partial charge in [0.1, 0.15) is 11.6 Å². The molecule has 0 fully saturated rings. The van der Waals surface area contributed by atoms with E-state index in [0.29, 0.717) is 5.56 Å². The number of rotatable bonds is 5. The van der Waals surface area contributed by atoms with Crippen LogP contribution in [-0.4, -0.2) is 18.7 Å². The van der Waals surface area contributed by atoms with Gasteiger partial charge < -0.3 is 15.2 Å². The highest BCUT2D eigenvalue weighted by Crippen LogP contribution is 2.16. The number of nitrogens with two attached hydrogens (primary N) is 1. The Kier molecular flexibility index (Phi) is 4.90. The van der Waals surface area contributed by atoms with Crippen molar-refractivity contribution < 1.29 is 18.7 Å². The second kappa shape index (κ2) is 6.20. The van der Waals surface area contributed by atoms with Crippen LogP contribution in [0.4, 0.5) is 4.39 Å². The lowest BCUT2D eigenvalue weighted by Crippen LogP contribution is -2.18. The standard InChI is InChI=1S/C12H16FNO3/c1-8(2)17-12(15)7-16-10-4-3-9(6-14)11(13)5-10/h3-5,8H,6-7,14H2,1-2H3.